The SMILES string of the molecule is COCCN(C(=O)c1ccsc1)c1nc2ccccc2s1. The highest BCUT2D eigenvalue weighted by molar-refractivity contribution is 7.22. The van der Waals surface area contributed by atoms with Crippen molar-refractivity contribution in [2.75, 3.05) is 25.2 Å². The first kappa shape index (κ1) is 14.2. The van der Waals surface area contributed by atoms with Gasteiger partial charge in [-0.3, -0.25) is 9.69 Å². The van der Waals surface area contributed by atoms with Gasteiger partial charge in [0.05, 0.1) is 28.9 Å². The van der Waals surface area contributed by atoms with Gasteiger partial charge in [-0.2, -0.15) is 11.3 Å². The Balaban J connectivity index is 1.96. The number of fused-ring (bicyclic) bond motifs is 1. The van der Waals surface area contributed by atoms with Gasteiger partial charge in [-0.05, 0) is 23.6 Å². The zero-order valence-corrected chi connectivity index (χ0v) is 13.1. The van der Waals surface area contributed by atoms with E-state index in [2.05, 4.69) is 4.98 Å². The van der Waals surface area contributed by atoms with Crippen molar-refractivity contribution in [1.82, 2.24) is 4.98 Å². The molecule has 108 valence electrons. The smallest absolute Gasteiger partial charge is 0.260 e. The van der Waals surface area contributed by atoms with E-state index in [-0.39, 0.29) is 5.91 Å². The van der Waals surface area contributed by atoms with E-state index in [0.29, 0.717) is 23.8 Å². The van der Waals surface area contributed by atoms with Gasteiger partial charge in [-0.25, -0.2) is 4.98 Å². The molecule has 2 aromatic heterocycles. The predicted molar refractivity (Wildman–Crippen MR) is 87.5 cm³/mol. The van der Waals surface area contributed by atoms with Crippen LogP contribution in [0.1, 0.15) is 10.4 Å². The van der Waals surface area contributed by atoms with Crippen LogP contribution in [0, 0.1) is 0 Å². The minimum Gasteiger partial charge on any atom is -0.383 e. The lowest BCUT2D eigenvalue weighted by molar-refractivity contribution is 0.0976. The first-order chi connectivity index (χ1) is 10.3. The van der Waals surface area contributed by atoms with Crippen LogP contribution >= 0.6 is 22.7 Å². The average molecular weight is 318 g/mol. The van der Waals surface area contributed by atoms with Crippen molar-refractivity contribution in [3.8, 4) is 0 Å². The molecule has 0 unspecified atom stereocenters. The number of thiophene rings is 1. The van der Waals surface area contributed by atoms with Crippen LogP contribution in [-0.2, 0) is 4.74 Å². The average Bonchev–Trinajstić information content (AvgIpc) is 3.16. The van der Waals surface area contributed by atoms with E-state index in [4.69, 9.17) is 4.74 Å². The number of carbonyl (C=O) groups excluding carboxylic acids is 1. The standard InChI is InChI=1S/C15H14N2O2S2/c1-19-8-7-17(14(18)11-6-9-20-10-11)15-16-12-4-2-3-5-13(12)21-15/h2-6,9-10H,7-8H2,1H3. The van der Waals surface area contributed by atoms with Gasteiger partial charge in [0.2, 0.25) is 0 Å². The monoisotopic (exact) mass is 318 g/mol. The number of nitrogens with zero attached hydrogens (tertiary/aromatic N) is 2. The quantitative estimate of drug-likeness (QED) is 0.721. The van der Waals surface area contributed by atoms with Crippen LogP contribution in [0.4, 0.5) is 5.13 Å². The molecule has 0 aliphatic rings. The molecule has 6 heteroatoms. The summed E-state index contributed by atoms with van der Waals surface area (Å²) in [6.07, 6.45) is 0. The van der Waals surface area contributed by atoms with Crippen LogP contribution in [0.5, 0.6) is 0 Å². The third-order valence-corrected chi connectivity index (χ3v) is 4.79. The summed E-state index contributed by atoms with van der Waals surface area (Å²) in [5.74, 6) is -0.0349. The highest BCUT2D eigenvalue weighted by Gasteiger charge is 2.21. The number of benzene rings is 1. The van der Waals surface area contributed by atoms with Gasteiger partial charge >= 0.3 is 0 Å². The molecule has 2 heterocycles. The van der Waals surface area contributed by atoms with E-state index in [1.807, 2.05) is 41.1 Å². The molecule has 3 aromatic rings. The first-order valence-corrected chi connectivity index (χ1v) is 8.24. The van der Waals surface area contributed by atoms with Crippen LogP contribution < -0.4 is 4.90 Å². The summed E-state index contributed by atoms with van der Waals surface area (Å²) in [5.41, 5.74) is 1.60. The molecule has 0 aliphatic heterocycles. The fraction of sp³-hybridized carbons (Fsp3) is 0.200. The maximum absolute atomic E-state index is 12.6. The summed E-state index contributed by atoms with van der Waals surface area (Å²) in [5, 5.41) is 4.47. The van der Waals surface area contributed by atoms with Crippen LogP contribution in [0.2, 0.25) is 0 Å². The van der Waals surface area contributed by atoms with E-state index in [1.54, 1.807) is 12.0 Å². The Morgan fingerprint density at radius 1 is 1.33 bits per heavy atom. The number of hydrogen-bond donors (Lipinski definition) is 0. The molecule has 0 saturated heterocycles. The number of amides is 1. The lowest BCUT2D eigenvalue weighted by Gasteiger charge is -2.18. The van der Waals surface area contributed by atoms with E-state index in [0.717, 1.165) is 10.2 Å². The molecule has 1 aromatic carbocycles. The van der Waals surface area contributed by atoms with Gasteiger partial charge in [0.15, 0.2) is 5.13 Å². The number of aromatic nitrogens is 1. The Morgan fingerprint density at radius 3 is 2.90 bits per heavy atom. The van der Waals surface area contributed by atoms with Crippen LogP contribution in [0.3, 0.4) is 0 Å². The molecule has 21 heavy (non-hydrogen) atoms. The molecular weight excluding hydrogens is 304 g/mol. The molecule has 0 atom stereocenters. The van der Waals surface area contributed by atoms with Gasteiger partial charge in [0.25, 0.3) is 5.91 Å². The number of ether oxygens (including phenoxy) is 1. The second-order valence-electron chi connectivity index (χ2n) is 4.43. The maximum Gasteiger partial charge on any atom is 0.260 e. The van der Waals surface area contributed by atoms with E-state index in [1.165, 1.54) is 22.7 Å². The molecule has 0 aliphatic carbocycles. The largest absolute Gasteiger partial charge is 0.383 e. The highest BCUT2D eigenvalue weighted by atomic mass is 32.1. The number of carbonyl (C=O) groups is 1. The van der Waals surface area contributed by atoms with Crippen molar-refractivity contribution in [1.29, 1.82) is 0 Å². The fourth-order valence-electron chi connectivity index (χ4n) is 1.98. The topological polar surface area (TPSA) is 42.4 Å². The maximum atomic E-state index is 12.6. The van der Waals surface area contributed by atoms with Crippen molar-refractivity contribution in [2.45, 2.75) is 0 Å². The second kappa shape index (κ2) is 6.34. The van der Waals surface area contributed by atoms with Crippen LogP contribution in [0.15, 0.2) is 41.1 Å². The van der Waals surface area contributed by atoms with Crippen molar-refractivity contribution in [3.05, 3.63) is 46.7 Å². The van der Waals surface area contributed by atoms with Gasteiger partial charge in [0, 0.05) is 12.5 Å². The summed E-state index contributed by atoms with van der Waals surface area (Å²) in [6, 6.07) is 9.73. The van der Waals surface area contributed by atoms with Crippen molar-refractivity contribution in [3.63, 3.8) is 0 Å². The first-order valence-electron chi connectivity index (χ1n) is 6.48. The normalized spacial score (nSPS) is 10.9. The number of para-hydroxylation sites is 1. The molecule has 4 nitrogen and oxygen atoms in total. The summed E-state index contributed by atoms with van der Waals surface area (Å²) >= 11 is 3.04. The van der Waals surface area contributed by atoms with Crippen molar-refractivity contribution in [2.24, 2.45) is 0 Å². The predicted octanol–water partition coefficient (Wildman–Crippen LogP) is 3.65. The third kappa shape index (κ3) is 2.97. The lowest BCUT2D eigenvalue weighted by Crippen LogP contribution is -2.33. The van der Waals surface area contributed by atoms with E-state index in [9.17, 15) is 4.79 Å². The number of hydrogen-bond acceptors (Lipinski definition) is 5. The third-order valence-electron chi connectivity index (χ3n) is 3.05. The summed E-state index contributed by atoms with van der Waals surface area (Å²) in [7, 11) is 1.63. The highest BCUT2D eigenvalue weighted by Crippen LogP contribution is 2.29. The summed E-state index contributed by atoms with van der Waals surface area (Å²) < 4.78 is 6.20. The molecule has 1 amide bonds. The van der Waals surface area contributed by atoms with Gasteiger partial charge < -0.3 is 4.74 Å². The Kier molecular flexibility index (Phi) is 4.28. The number of methoxy groups -OCH3 is 1. The summed E-state index contributed by atoms with van der Waals surface area (Å²) in [6.45, 7) is 0.969. The summed E-state index contributed by atoms with van der Waals surface area (Å²) in [4.78, 5) is 18.9. The zero-order valence-electron chi connectivity index (χ0n) is 11.5. The Morgan fingerprint density at radius 2 is 2.19 bits per heavy atom. The van der Waals surface area contributed by atoms with Crippen LogP contribution in [-0.4, -0.2) is 31.2 Å². The molecule has 0 saturated carbocycles. The minimum atomic E-state index is -0.0349. The molecule has 0 spiro atoms. The van der Waals surface area contributed by atoms with Gasteiger partial charge in [0.1, 0.15) is 0 Å². The molecule has 0 fully saturated rings. The second-order valence-corrected chi connectivity index (χ2v) is 6.21. The Hall–Kier alpha value is -1.76. The number of anilines is 1. The lowest BCUT2D eigenvalue weighted by atomic mass is 10.3. The molecule has 3 rings (SSSR count). The molecule has 0 bridgehead atoms. The zero-order chi connectivity index (χ0) is 14.7. The molecule has 0 radical (unpaired) electrons. The fourth-order valence-corrected chi connectivity index (χ4v) is 3.60. The van der Waals surface area contributed by atoms with Gasteiger partial charge in [-0.15, -0.1) is 0 Å². The van der Waals surface area contributed by atoms with Crippen LogP contribution in [0.25, 0.3) is 10.2 Å². The number of rotatable bonds is 5. The van der Waals surface area contributed by atoms with Gasteiger partial charge in [-0.1, -0.05) is 23.5 Å². The van der Waals surface area contributed by atoms with Crippen molar-refractivity contribution >= 4 is 43.9 Å². The van der Waals surface area contributed by atoms with E-state index >= 15 is 0 Å². The van der Waals surface area contributed by atoms with Crippen molar-refractivity contribution < 1.29 is 9.53 Å². The number of thiazole rings is 1. The Labute approximate surface area is 130 Å². The minimum absolute atomic E-state index is 0.0349. The molecule has 0 N–H and O–H groups in total. The Bertz CT molecular complexity index is 704. The van der Waals surface area contributed by atoms with E-state index < -0.39 is 0 Å². The molecular formula is C15H14N2O2S2.